The molecule has 1 saturated heterocycles. The summed E-state index contributed by atoms with van der Waals surface area (Å²) in [5, 5.41) is 0. The predicted octanol–water partition coefficient (Wildman–Crippen LogP) is 2.45. The van der Waals surface area contributed by atoms with Gasteiger partial charge in [-0.3, -0.25) is 14.7 Å². The van der Waals surface area contributed by atoms with Gasteiger partial charge < -0.3 is 4.90 Å². The van der Waals surface area contributed by atoms with Gasteiger partial charge in [-0.25, -0.2) is 0 Å². The van der Waals surface area contributed by atoms with E-state index in [1.807, 2.05) is 37.1 Å². The minimum Gasteiger partial charge on any atom is -0.337 e. The number of rotatable bonds is 3. The number of carbonyl (C=O) groups excluding carboxylic acids is 1. The van der Waals surface area contributed by atoms with E-state index in [9.17, 15) is 4.79 Å². The molecule has 0 radical (unpaired) electrons. The number of piperazine rings is 1. The van der Waals surface area contributed by atoms with Crippen LogP contribution in [0.1, 0.15) is 19.5 Å². The van der Waals surface area contributed by atoms with Gasteiger partial charge in [-0.15, -0.1) is 0 Å². The first-order valence-electron chi connectivity index (χ1n) is 6.81. The van der Waals surface area contributed by atoms with Crippen molar-refractivity contribution in [3.63, 3.8) is 0 Å². The van der Waals surface area contributed by atoms with Gasteiger partial charge in [0.25, 0.3) is 0 Å². The van der Waals surface area contributed by atoms with Crippen molar-refractivity contribution < 1.29 is 4.79 Å². The fourth-order valence-electron chi connectivity index (χ4n) is 2.19. The van der Waals surface area contributed by atoms with Gasteiger partial charge in [0.1, 0.15) is 0 Å². The normalized spacial score (nSPS) is 16.1. The zero-order chi connectivity index (χ0) is 14.5. The average molecular weight is 338 g/mol. The fraction of sp³-hybridized carbons (Fsp3) is 0.467. The SMILES string of the molecule is CC(C)=CC(=O)N1CCN(Cc2ccc(Br)cn2)CC1. The van der Waals surface area contributed by atoms with Crippen LogP contribution in [0.2, 0.25) is 0 Å². The molecular formula is C15H20BrN3O. The Labute approximate surface area is 128 Å². The van der Waals surface area contributed by atoms with Crippen LogP contribution in [-0.2, 0) is 11.3 Å². The number of aromatic nitrogens is 1. The van der Waals surface area contributed by atoms with Crippen molar-refractivity contribution in [1.82, 2.24) is 14.8 Å². The van der Waals surface area contributed by atoms with Gasteiger partial charge >= 0.3 is 0 Å². The third kappa shape index (κ3) is 4.42. The van der Waals surface area contributed by atoms with Crippen LogP contribution < -0.4 is 0 Å². The number of amides is 1. The lowest BCUT2D eigenvalue weighted by molar-refractivity contribution is -0.127. The number of halogens is 1. The van der Waals surface area contributed by atoms with Crippen LogP contribution in [0.3, 0.4) is 0 Å². The monoisotopic (exact) mass is 337 g/mol. The lowest BCUT2D eigenvalue weighted by Crippen LogP contribution is -2.47. The second kappa shape index (κ2) is 6.99. The Balaban J connectivity index is 1.84. The van der Waals surface area contributed by atoms with Crippen LogP contribution in [-0.4, -0.2) is 46.9 Å². The highest BCUT2D eigenvalue weighted by atomic mass is 79.9. The molecule has 0 aromatic carbocycles. The van der Waals surface area contributed by atoms with E-state index in [4.69, 9.17) is 0 Å². The van der Waals surface area contributed by atoms with Crippen molar-refractivity contribution in [3.8, 4) is 0 Å². The molecule has 0 spiro atoms. The Bertz CT molecular complexity index is 486. The molecule has 1 aromatic heterocycles. The molecule has 1 aliphatic heterocycles. The predicted molar refractivity (Wildman–Crippen MR) is 83.2 cm³/mol. The highest BCUT2D eigenvalue weighted by molar-refractivity contribution is 9.10. The summed E-state index contributed by atoms with van der Waals surface area (Å²) in [6.07, 6.45) is 3.54. The van der Waals surface area contributed by atoms with Crippen molar-refractivity contribution in [3.05, 3.63) is 40.1 Å². The lowest BCUT2D eigenvalue weighted by atomic mass is 10.2. The van der Waals surface area contributed by atoms with E-state index in [0.717, 1.165) is 48.5 Å². The molecule has 1 aliphatic rings. The zero-order valence-corrected chi connectivity index (χ0v) is 13.6. The molecule has 1 fully saturated rings. The molecule has 1 aromatic rings. The topological polar surface area (TPSA) is 36.4 Å². The molecule has 0 bridgehead atoms. The first-order chi connectivity index (χ1) is 9.54. The summed E-state index contributed by atoms with van der Waals surface area (Å²) in [5.41, 5.74) is 2.12. The van der Waals surface area contributed by atoms with E-state index >= 15 is 0 Å². The van der Waals surface area contributed by atoms with Crippen molar-refractivity contribution in [2.75, 3.05) is 26.2 Å². The van der Waals surface area contributed by atoms with Crippen LogP contribution in [0.15, 0.2) is 34.5 Å². The maximum atomic E-state index is 11.9. The summed E-state index contributed by atoms with van der Waals surface area (Å²) in [7, 11) is 0. The molecule has 0 atom stereocenters. The van der Waals surface area contributed by atoms with E-state index in [0.29, 0.717) is 0 Å². The smallest absolute Gasteiger partial charge is 0.246 e. The molecule has 108 valence electrons. The van der Waals surface area contributed by atoms with Crippen molar-refractivity contribution >= 4 is 21.8 Å². The van der Waals surface area contributed by atoms with E-state index in [-0.39, 0.29) is 5.91 Å². The van der Waals surface area contributed by atoms with Crippen LogP contribution in [0.25, 0.3) is 0 Å². The minimum absolute atomic E-state index is 0.131. The Hall–Kier alpha value is -1.20. The number of pyridine rings is 1. The number of nitrogens with zero attached hydrogens (tertiary/aromatic N) is 3. The van der Waals surface area contributed by atoms with Crippen LogP contribution in [0.4, 0.5) is 0 Å². The molecular weight excluding hydrogens is 318 g/mol. The molecule has 0 unspecified atom stereocenters. The average Bonchev–Trinajstić information content (AvgIpc) is 2.41. The number of hydrogen-bond acceptors (Lipinski definition) is 3. The molecule has 0 N–H and O–H groups in total. The van der Waals surface area contributed by atoms with E-state index in [2.05, 4.69) is 25.8 Å². The van der Waals surface area contributed by atoms with Crippen LogP contribution in [0.5, 0.6) is 0 Å². The largest absolute Gasteiger partial charge is 0.337 e. The van der Waals surface area contributed by atoms with Gasteiger partial charge in [0, 0.05) is 49.5 Å². The Kier molecular flexibility index (Phi) is 5.31. The quantitative estimate of drug-likeness (QED) is 0.795. The number of carbonyl (C=O) groups is 1. The Morgan fingerprint density at radius 2 is 2.00 bits per heavy atom. The van der Waals surface area contributed by atoms with Gasteiger partial charge in [0.15, 0.2) is 0 Å². The van der Waals surface area contributed by atoms with Gasteiger partial charge in [0.05, 0.1) is 5.69 Å². The highest BCUT2D eigenvalue weighted by Crippen LogP contribution is 2.11. The van der Waals surface area contributed by atoms with Crippen molar-refractivity contribution in [2.45, 2.75) is 20.4 Å². The van der Waals surface area contributed by atoms with Gasteiger partial charge in [0.2, 0.25) is 5.91 Å². The third-order valence-electron chi connectivity index (χ3n) is 3.27. The van der Waals surface area contributed by atoms with Crippen LogP contribution >= 0.6 is 15.9 Å². The van der Waals surface area contributed by atoms with Gasteiger partial charge in [-0.2, -0.15) is 0 Å². The van der Waals surface area contributed by atoms with Gasteiger partial charge in [-0.05, 0) is 41.9 Å². The summed E-state index contributed by atoms with van der Waals surface area (Å²) in [5.74, 6) is 0.131. The molecule has 2 heterocycles. The standard InChI is InChI=1S/C15H20BrN3O/c1-12(2)9-15(20)19-7-5-18(6-8-19)11-14-4-3-13(16)10-17-14/h3-4,9-10H,5-8,11H2,1-2H3. The van der Waals surface area contributed by atoms with E-state index in [1.54, 1.807) is 6.08 Å². The van der Waals surface area contributed by atoms with E-state index in [1.165, 1.54) is 0 Å². The molecule has 1 amide bonds. The summed E-state index contributed by atoms with van der Waals surface area (Å²) in [6.45, 7) is 8.14. The fourth-order valence-corrected chi connectivity index (χ4v) is 2.43. The van der Waals surface area contributed by atoms with E-state index < -0.39 is 0 Å². The summed E-state index contributed by atoms with van der Waals surface area (Å²) in [4.78, 5) is 20.6. The van der Waals surface area contributed by atoms with Crippen molar-refractivity contribution in [1.29, 1.82) is 0 Å². The first-order valence-corrected chi connectivity index (χ1v) is 7.60. The van der Waals surface area contributed by atoms with Crippen molar-refractivity contribution in [2.24, 2.45) is 0 Å². The summed E-state index contributed by atoms with van der Waals surface area (Å²) < 4.78 is 0.999. The summed E-state index contributed by atoms with van der Waals surface area (Å²) in [6, 6.07) is 4.04. The van der Waals surface area contributed by atoms with Gasteiger partial charge in [-0.1, -0.05) is 5.57 Å². The first kappa shape index (κ1) is 15.2. The Morgan fingerprint density at radius 3 is 2.55 bits per heavy atom. The summed E-state index contributed by atoms with van der Waals surface area (Å²) >= 11 is 3.39. The third-order valence-corrected chi connectivity index (χ3v) is 3.74. The molecule has 5 heteroatoms. The molecule has 4 nitrogen and oxygen atoms in total. The minimum atomic E-state index is 0.131. The van der Waals surface area contributed by atoms with Crippen LogP contribution in [0, 0.1) is 0 Å². The highest BCUT2D eigenvalue weighted by Gasteiger charge is 2.19. The maximum absolute atomic E-state index is 11.9. The maximum Gasteiger partial charge on any atom is 0.246 e. The lowest BCUT2D eigenvalue weighted by Gasteiger charge is -2.34. The zero-order valence-electron chi connectivity index (χ0n) is 12.0. The number of hydrogen-bond donors (Lipinski definition) is 0. The molecule has 2 rings (SSSR count). The molecule has 0 aliphatic carbocycles. The second-order valence-electron chi connectivity index (χ2n) is 5.29. The number of allylic oxidation sites excluding steroid dienone is 1. The molecule has 0 saturated carbocycles. The Morgan fingerprint density at radius 1 is 1.30 bits per heavy atom. The second-order valence-corrected chi connectivity index (χ2v) is 6.21. The molecule has 20 heavy (non-hydrogen) atoms.